The van der Waals surface area contributed by atoms with E-state index in [1.165, 1.54) is 0 Å². The zero-order valence-electron chi connectivity index (χ0n) is 10.3. The van der Waals surface area contributed by atoms with Crippen LogP contribution >= 0.6 is 23.2 Å². The number of benzene rings is 1. The van der Waals surface area contributed by atoms with Crippen molar-refractivity contribution in [2.45, 2.75) is 20.3 Å². The Morgan fingerprint density at radius 1 is 1.39 bits per heavy atom. The first-order valence-electron chi connectivity index (χ1n) is 5.43. The van der Waals surface area contributed by atoms with E-state index < -0.39 is 5.41 Å². The van der Waals surface area contributed by atoms with Crippen LogP contribution in [0.2, 0.25) is 10.0 Å². The molecule has 1 rings (SSSR count). The van der Waals surface area contributed by atoms with E-state index in [4.69, 9.17) is 38.9 Å². The fourth-order valence-electron chi connectivity index (χ4n) is 1.29. The first-order chi connectivity index (χ1) is 8.38. The van der Waals surface area contributed by atoms with Gasteiger partial charge in [-0.05, 0) is 18.6 Å². The molecular weight excluding hydrogens is 275 g/mol. The second kappa shape index (κ2) is 6.16. The summed E-state index contributed by atoms with van der Waals surface area (Å²) in [6.07, 6.45) is 0.574. The predicted octanol–water partition coefficient (Wildman–Crippen LogP) is 3.53. The second-order valence-corrected chi connectivity index (χ2v) is 5.33. The third-order valence-electron chi connectivity index (χ3n) is 2.69. The van der Waals surface area contributed by atoms with Gasteiger partial charge in [-0.1, -0.05) is 48.3 Å². The van der Waals surface area contributed by atoms with Gasteiger partial charge < -0.3 is 15.7 Å². The van der Waals surface area contributed by atoms with Gasteiger partial charge >= 0.3 is 0 Å². The number of halogens is 2. The lowest BCUT2D eigenvalue weighted by Crippen LogP contribution is -2.33. The maximum absolute atomic E-state index is 8.65. The molecule has 6 heteroatoms. The molecule has 0 bridgehead atoms. The van der Waals surface area contributed by atoms with E-state index in [-0.39, 0.29) is 5.84 Å². The third kappa shape index (κ3) is 3.68. The summed E-state index contributed by atoms with van der Waals surface area (Å²) in [5.41, 5.74) is 5.13. The fourth-order valence-corrected chi connectivity index (χ4v) is 1.80. The standard InChI is InChI=1S/C12H16Cl2N2O2/c1-12(2,11(15)16-17)6-7-18-10-8(13)4-3-5-9(10)14/h3-5,17H,6-7H2,1-2H3,(H2,15,16). The number of oxime groups is 1. The van der Waals surface area contributed by atoms with E-state index in [9.17, 15) is 0 Å². The lowest BCUT2D eigenvalue weighted by atomic mass is 9.88. The number of nitrogens with zero attached hydrogens (tertiary/aromatic N) is 1. The summed E-state index contributed by atoms with van der Waals surface area (Å²) in [6.45, 7) is 4.09. The number of hydrogen-bond donors (Lipinski definition) is 2. The number of rotatable bonds is 5. The van der Waals surface area contributed by atoms with Gasteiger partial charge in [0.2, 0.25) is 0 Å². The van der Waals surface area contributed by atoms with Crippen molar-refractivity contribution >= 4 is 29.0 Å². The summed E-state index contributed by atoms with van der Waals surface area (Å²) in [7, 11) is 0. The molecule has 0 fully saturated rings. The zero-order valence-corrected chi connectivity index (χ0v) is 11.8. The number of ether oxygens (including phenoxy) is 1. The second-order valence-electron chi connectivity index (χ2n) is 4.52. The van der Waals surface area contributed by atoms with Gasteiger partial charge in [0.1, 0.15) is 5.84 Å². The molecule has 3 N–H and O–H groups in total. The highest BCUT2D eigenvalue weighted by atomic mass is 35.5. The average molecular weight is 291 g/mol. The van der Waals surface area contributed by atoms with E-state index in [1.54, 1.807) is 18.2 Å². The van der Waals surface area contributed by atoms with Gasteiger partial charge in [0.25, 0.3) is 0 Å². The minimum atomic E-state index is -0.456. The lowest BCUT2D eigenvalue weighted by molar-refractivity contribution is 0.260. The van der Waals surface area contributed by atoms with Crippen LogP contribution in [0.15, 0.2) is 23.4 Å². The largest absolute Gasteiger partial charge is 0.490 e. The highest BCUT2D eigenvalue weighted by Gasteiger charge is 2.23. The molecule has 0 aliphatic heterocycles. The Bertz CT molecular complexity index is 427. The molecule has 0 radical (unpaired) electrons. The topological polar surface area (TPSA) is 67.8 Å². The van der Waals surface area contributed by atoms with Crippen molar-refractivity contribution in [3.63, 3.8) is 0 Å². The Labute approximate surface area is 116 Å². The number of nitrogens with two attached hydrogens (primary N) is 1. The molecule has 0 atom stereocenters. The van der Waals surface area contributed by atoms with Crippen LogP contribution in [-0.2, 0) is 0 Å². The summed E-state index contributed by atoms with van der Waals surface area (Å²) in [4.78, 5) is 0. The maximum Gasteiger partial charge on any atom is 0.156 e. The van der Waals surface area contributed by atoms with Crippen LogP contribution < -0.4 is 10.5 Å². The van der Waals surface area contributed by atoms with Crippen LogP contribution in [0.4, 0.5) is 0 Å². The third-order valence-corrected chi connectivity index (χ3v) is 3.29. The monoisotopic (exact) mass is 290 g/mol. The summed E-state index contributed by atoms with van der Waals surface area (Å²) >= 11 is 11.9. The van der Waals surface area contributed by atoms with E-state index >= 15 is 0 Å². The summed E-state index contributed by atoms with van der Waals surface area (Å²) in [5.74, 6) is 0.618. The Hall–Kier alpha value is -1.13. The van der Waals surface area contributed by atoms with Gasteiger partial charge in [-0.3, -0.25) is 0 Å². The molecule has 100 valence electrons. The molecule has 1 aromatic rings. The van der Waals surface area contributed by atoms with Crippen LogP contribution in [-0.4, -0.2) is 17.6 Å². The Morgan fingerprint density at radius 3 is 2.44 bits per heavy atom. The van der Waals surface area contributed by atoms with Crippen molar-refractivity contribution in [2.75, 3.05) is 6.61 Å². The van der Waals surface area contributed by atoms with Crippen LogP contribution in [0.3, 0.4) is 0 Å². The lowest BCUT2D eigenvalue weighted by Gasteiger charge is -2.22. The molecule has 0 saturated carbocycles. The summed E-state index contributed by atoms with van der Waals surface area (Å²) < 4.78 is 5.54. The molecule has 0 spiro atoms. The molecule has 4 nitrogen and oxygen atoms in total. The predicted molar refractivity (Wildman–Crippen MR) is 73.8 cm³/mol. The zero-order chi connectivity index (χ0) is 13.8. The highest BCUT2D eigenvalue weighted by Crippen LogP contribution is 2.33. The molecular formula is C12H16Cl2N2O2. The van der Waals surface area contributed by atoms with Crippen molar-refractivity contribution in [3.05, 3.63) is 28.2 Å². The first-order valence-corrected chi connectivity index (χ1v) is 6.19. The van der Waals surface area contributed by atoms with E-state index in [1.807, 2.05) is 13.8 Å². The van der Waals surface area contributed by atoms with Crippen molar-refractivity contribution < 1.29 is 9.94 Å². The number of amidine groups is 1. The van der Waals surface area contributed by atoms with Crippen molar-refractivity contribution in [2.24, 2.45) is 16.3 Å². The van der Waals surface area contributed by atoms with Crippen LogP contribution in [0.25, 0.3) is 0 Å². The molecule has 0 saturated heterocycles. The minimum Gasteiger partial charge on any atom is -0.490 e. The molecule has 0 heterocycles. The van der Waals surface area contributed by atoms with Gasteiger partial charge in [0, 0.05) is 5.41 Å². The number of hydrogen-bond acceptors (Lipinski definition) is 3. The minimum absolute atomic E-state index is 0.163. The molecule has 0 aliphatic rings. The van der Waals surface area contributed by atoms with Gasteiger partial charge in [0.05, 0.1) is 16.7 Å². The maximum atomic E-state index is 8.65. The summed E-state index contributed by atoms with van der Waals surface area (Å²) in [5, 5.41) is 12.6. The van der Waals surface area contributed by atoms with Crippen LogP contribution in [0.1, 0.15) is 20.3 Å². The van der Waals surface area contributed by atoms with E-state index in [2.05, 4.69) is 5.16 Å². The van der Waals surface area contributed by atoms with E-state index in [0.29, 0.717) is 28.8 Å². The van der Waals surface area contributed by atoms with Gasteiger partial charge in [-0.2, -0.15) is 0 Å². The van der Waals surface area contributed by atoms with Crippen molar-refractivity contribution in [1.82, 2.24) is 0 Å². The fraction of sp³-hybridized carbons (Fsp3) is 0.417. The Kier molecular flexibility index (Phi) is 5.11. The molecule has 18 heavy (non-hydrogen) atoms. The van der Waals surface area contributed by atoms with Crippen molar-refractivity contribution in [3.8, 4) is 5.75 Å². The van der Waals surface area contributed by atoms with E-state index in [0.717, 1.165) is 0 Å². The molecule has 0 amide bonds. The van der Waals surface area contributed by atoms with Crippen LogP contribution in [0.5, 0.6) is 5.75 Å². The quantitative estimate of drug-likeness (QED) is 0.377. The smallest absolute Gasteiger partial charge is 0.156 e. The van der Waals surface area contributed by atoms with Gasteiger partial charge in [-0.25, -0.2) is 0 Å². The normalized spacial score (nSPS) is 12.6. The van der Waals surface area contributed by atoms with Crippen LogP contribution in [0, 0.1) is 5.41 Å². The summed E-state index contributed by atoms with van der Waals surface area (Å²) in [6, 6.07) is 5.16. The molecule has 0 unspecified atom stereocenters. The van der Waals surface area contributed by atoms with Crippen molar-refractivity contribution in [1.29, 1.82) is 0 Å². The number of para-hydroxylation sites is 1. The average Bonchev–Trinajstić information content (AvgIpc) is 2.31. The van der Waals surface area contributed by atoms with Gasteiger partial charge in [0.15, 0.2) is 5.75 Å². The SMILES string of the molecule is CC(C)(CCOc1c(Cl)cccc1Cl)C(N)=NO. The molecule has 1 aromatic carbocycles. The molecule has 0 aliphatic carbocycles. The Morgan fingerprint density at radius 2 is 1.94 bits per heavy atom. The van der Waals surface area contributed by atoms with Gasteiger partial charge in [-0.15, -0.1) is 0 Å². The highest BCUT2D eigenvalue weighted by molar-refractivity contribution is 6.37. The Balaban J connectivity index is 2.62. The first kappa shape index (κ1) is 14.9. The molecule has 0 aromatic heterocycles.